The summed E-state index contributed by atoms with van der Waals surface area (Å²) in [5.41, 5.74) is 4.86. The second-order valence-electron chi connectivity index (χ2n) is 6.83. The van der Waals surface area contributed by atoms with E-state index in [0.29, 0.717) is 29.9 Å². The highest BCUT2D eigenvalue weighted by molar-refractivity contribution is 7.92. The number of hydrogen-bond acceptors (Lipinski definition) is 3. The Hall–Kier alpha value is -3.12. The van der Waals surface area contributed by atoms with Crippen LogP contribution in [0, 0.1) is 0 Å². The quantitative estimate of drug-likeness (QED) is 0.732. The molecule has 1 aliphatic heterocycles. The van der Waals surface area contributed by atoms with Crippen LogP contribution >= 0.6 is 0 Å². The fraction of sp³-hybridized carbons (Fsp3) is 0.136. The van der Waals surface area contributed by atoms with Crippen LogP contribution in [0.1, 0.15) is 15.9 Å². The molecule has 3 aromatic rings. The predicted octanol–water partition coefficient (Wildman–Crippen LogP) is 3.93. The zero-order valence-electron chi connectivity index (χ0n) is 15.4. The Kier molecular flexibility index (Phi) is 4.65. The average molecular weight is 392 g/mol. The minimum absolute atomic E-state index is 0.233. The number of benzene rings is 3. The van der Waals surface area contributed by atoms with E-state index in [-0.39, 0.29) is 5.91 Å². The number of carbonyl (C=O) groups excluding carboxylic acids is 1. The summed E-state index contributed by atoms with van der Waals surface area (Å²) in [7, 11) is -3.32. The molecular weight excluding hydrogens is 372 g/mol. The molecule has 0 saturated carbocycles. The largest absolute Gasteiger partial charge is 0.322 e. The van der Waals surface area contributed by atoms with Crippen LogP contribution in [0.3, 0.4) is 0 Å². The standard InChI is InChI=1S/C22H20N2O3S/c1-28(26,27)24-14-13-18-11-12-20(15-21(18)24)23-22(25)19-9-7-17(8-10-19)16-5-3-2-4-6-16/h2-12,15H,13-14H2,1H3,(H,23,25). The first-order chi connectivity index (χ1) is 13.4. The molecule has 0 saturated heterocycles. The van der Waals surface area contributed by atoms with Crippen LogP contribution < -0.4 is 9.62 Å². The molecule has 4 rings (SSSR count). The maximum Gasteiger partial charge on any atom is 0.255 e. The molecule has 0 bridgehead atoms. The molecule has 1 amide bonds. The number of nitrogens with one attached hydrogen (secondary N) is 1. The highest BCUT2D eigenvalue weighted by Gasteiger charge is 2.26. The van der Waals surface area contributed by atoms with Crippen LogP contribution in [0.2, 0.25) is 0 Å². The van der Waals surface area contributed by atoms with Gasteiger partial charge >= 0.3 is 0 Å². The molecule has 3 aromatic carbocycles. The van der Waals surface area contributed by atoms with E-state index in [1.807, 2.05) is 48.5 Å². The van der Waals surface area contributed by atoms with E-state index in [4.69, 9.17) is 0 Å². The predicted molar refractivity (Wildman–Crippen MR) is 112 cm³/mol. The van der Waals surface area contributed by atoms with Crippen molar-refractivity contribution in [1.29, 1.82) is 0 Å². The third kappa shape index (κ3) is 3.64. The Morgan fingerprint density at radius 2 is 1.61 bits per heavy atom. The SMILES string of the molecule is CS(=O)(=O)N1CCc2ccc(NC(=O)c3ccc(-c4ccccc4)cc3)cc21. The number of hydrogen-bond donors (Lipinski definition) is 1. The summed E-state index contributed by atoms with van der Waals surface area (Å²) in [6.45, 7) is 0.437. The molecule has 5 nitrogen and oxygen atoms in total. The van der Waals surface area contributed by atoms with E-state index >= 15 is 0 Å². The van der Waals surface area contributed by atoms with Crippen molar-refractivity contribution in [2.75, 3.05) is 22.4 Å². The number of nitrogens with zero attached hydrogens (tertiary/aromatic N) is 1. The van der Waals surface area contributed by atoms with E-state index in [1.54, 1.807) is 24.3 Å². The summed E-state index contributed by atoms with van der Waals surface area (Å²) in [5.74, 6) is -0.233. The Bertz CT molecular complexity index is 1120. The van der Waals surface area contributed by atoms with Crippen molar-refractivity contribution in [3.05, 3.63) is 83.9 Å². The van der Waals surface area contributed by atoms with E-state index in [0.717, 1.165) is 16.7 Å². The highest BCUT2D eigenvalue weighted by Crippen LogP contribution is 2.32. The first-order valence-electron chi connectivity index (χ1n) is 8.99. The summed E-state index contributed by atoms with van der Waals surface area (Å²) in [5, 5.41) is 2.86. The van der Waals surface area contributed by atoms with Crippen molar-refractivity contribution in [2.45, 2.75) is 6.42 Å². The van der Waals surface area contributed by atoms with Gasteiger partial charge in [0.1, 0.15) is 0 Å². The smallest absolute Gasteiger partial charge is 0.255 e. The Balaban J connectivity index is 1.53. The van der Waals surface area contributed by atoms with Crippen LogP contribution in [-0.4, -0.2) is 27.1 Å². The van der Waals surface area contributed by atoms with E-state index in [9.17, 15) is 13.2 Å². The van der Waals surface area contributed by atoms with Gasteiger partial charge in [-0.05, 0) is 47.4 Å². The number of carbonyl (C=O) groups is 1. The zero-order valence-corrected chi connectivity index (χ0v) is 16.2. The van der Waals surface area contributed by atoms with E-state index < -0.39 is 10.0 Å². The molecule has 1 N–H and O–H groups in total. The van der Waals surface area contributed by atoms with Gasteiger partial charge in [0.2, 0.25) is 10.0 Å². The molecular formula is C22H20N2O3S. The van der Waals surface area contributed by atoms with Gasteiger partial charge in [0.05, 0.1) is 11.9 Å². The van der Waals surface area contributed by atoms with Gasteiger partial charge in [0.15, 0.2) is 0 Å². The second kappa shape index (κ2) is 7.13. The molecule has 0 atom stereocenters. The highest BCUT2D eigenvalue weighted by atomic mass is 32.2. The lowest BCUT2D eigenvalue weighted by Crippen LogP contribution is -2.27. The third-order valence-corrected chi connectivity index (χ3v) is 6.03. The summed E-state index contributed by atoms with van der Waals surface area (Å²) in [6, 6.07) is 22.8. The fourth-order valence-electron chi connectivity index (χ4n) is 3.42. The lowest BCUT2D eigenvalue weighted by Gasteiger charge is -2.17. The van der Waals surface area contributed by atoms with Crippen molar-refractivity contribution in [3.63, 3.8) is 0 Å². The van der Waals surface area contributed by atoms with Gasteiger partial charge in [-0.15, -0.1) is 0 Å². The van der Waals surface area contributed by atoms with Gasteiger partial charge in [0, 0.05) is 17.8 Å². The Morgan fingerprint density at radius 1 is 0.929 bits per heavy atom. The third-order valence-electron chi connectivity index (χ3n) is 4.85. The normalized spacial score (nSPS) is 13.2. The van der Waals surface area contributed by atoms with Crippen LogP contribution in [0.4, 0.5) is 11.4 Å². The van der Waals surface area contributed by atoms with Gasteiger partial charge in [-0.25, -0.2) is 8.42 Å². The molecule has 142 valence electrons. The van der Waals surface area contributed by atoms with E-state index in [1.165, 1.54) is 10.6 Å². The van der Waals surface area contributed by atoms with Crippen LogP contribution in [0.15, 0.2) is 72.8 Å². The summed E-state index contributed by atoms with van der Waals surface area (Å²) in [6.07, 6.45) is 1.87. The van der Waals surface area contributed by atoms with Gasteiger partial charge in [-0.2, -0.15) is 0 Å². The Morgan fingerprint density at radius 3 is 2.29 bits per heavy atom. The monoisotopic (exact) mass is 392 g/mol. The number of amides is 1. The van der Waals surface area contributed by atoms with Gasteiger partial charge < -0.3 is 5.32 Å². The average Bonchev–Trinajstić information content (AvgIpc) is 3.12. The molecule has 0 fully saturated rings. The van der Waals surface area contributed by atoms with Crippen LogP contribution in [0.25, 0.3) is 11.1 Å². The second-order valence-corrected chi connectivity index (χ2v) is 8.73. The van der Waals surface area contributed by atoms with Crippen molar-refractivity contribution in [1.82, 2.24) is 0 Å². The fourth-order valence-corrected chi connectivity index (χ4v) is 4.37. The first-order valence-corrected chi connectivity index (χ1v) is 10.8. The van der Waals surface area contributed by atoms with Gasteiger partial charge in [-0.3, -0.25) is 9.10 Å². The molecule has 0 unspecified atom stereocenters. The minimum Gasteiger partial charge on any atom is -0.322 e. The summed E-state index contributed by atoms with van der Waals surface area (Å²) >= 11 is 0. The zero-order chi connectivity index (χ0) is 19.7. The molecule has 1 aliphatic rings. The lowest BCUT2D eigenvalue weighted by atomic mass is 10.0. The molecule has 0 aromatic heterocycles. The van der Waals surface area contributed by atoms with Crippen molar-refractivity contribution in [3.8, 4) is 11.1 Å². The number of anilines is 2. The molecule has 28 heavy (non-hydrogen) atoms. The number of rotatable bonds is 4. The van der Waals surface area contributed by atoms with Gasteiger partial charge in [0.25, 0.3) is 5.91 Å². The molecule has 0 spiro atoms. The first kappa shape index (κ1) is 18.3. The number of fused-ring (bicyclic) bond motifs is 1. The molecule has 0 aliphatic carbocycles. The molecule has 6 heteroatoms. The van der Waals surface area contributed by atoms with Crippen LogP contribution in [0.5, 0.6) is 0 Å². The Labute approximate surface area is 164 Å². The van der Waals surface area contributed by atoms with Crippen molar-refractivity contribution in [2.24, 2.45) is 0 Å². The summed E-state index contributed by atoms with van der Waals surface area (Å²) < 4.78 is 25.3. The van der Waals surface area contributed by atoms with E-state index in [2.05, 4.69) is 5.32 Å². The van der Waals surface area contributed by atoms with Crippen molar-refractivity contribution >= 4 is 27.3 Å². The van der Waals surface area contributed by atoms with Crippen LogP contribution in [-0.2, 0) is 16.4 Å². The summed E-state index contributed by atoms with van der Waals surface area (Å²) in [4.78, 5) is 12.6. The maximum atomic E-state index is 12.6. The minimum atomic E-state index is -3.32. The van der Waals surface area contributed by atoms with Crippen molar-refractivity contribution < 1.29 is 13.2 Å². The maximum absolute atomic E-state index is 12.6. The molecule has 0 radical (unpaired) electrons. The molecule has 1 heterocycles. The topological polar surface area (TPSA) is 66.5 Å². The number of sulfonamides is 1. The lowest BCUT2D eigenvalue weighted by molar-refractivity contribution is 0.102. The van der Waals surface area contributed by atoms with Gasteiger partial charge in [-0.1, -0.05) is 48.5 Å².